The number of amides is 2. The molecule has 0 spiro atoms. The number of nitrogens with zero attached hydrogens (tertiary/aromatic N) is 1. The molecule has 0 aromatic heterocycles. The summed E-state index contributed by atoms with van der Waals surface area (Å²) in [6.07, 6.45) is -0.777. The molecule has 5 nitrogen and oxygen atoms in total. The highest BCUT2D eigenvalue weighted by molar-refractivity contribution is 6.30. The van der Waals surface area contributed by atoms with Crippen LogP contribution in [0.1, 0.15) is 31.9 Å². The van der Waals surface area contributed by atoms with E-state index in [2.05, 4.69) is 0 Å². The fraction of sp³-hybridized carbons (Fsp3) is 0.300. The van der Waals surface area contributed by atoms with Crippen LogP contribution in [0.5, 0.6) is 0 Å². The van der Waals surface area contributed by atoms with Crippen molar-refractivity contribution in [2.45, 2.75) is 38.4 Å². The summed E-state index contributed by atoms with van der Waals surface area (Å²) >= 11 is 5.90. The summed E-state index contributed by atoms with van der Waals surface area (Å²) in [6.45, 7) is 5.16. The Bertz CT molecular complexity index is 857. The second-order valence-electron chi connectivity index (χ2n) is 7.30. The second kappa shape index (κ2) is 6.41. The number of rotatable bonds is 2. The van der Waals surface area contributed by atoms with Crippen molar-refractivity contribution in [3.63, 3.8) is 0 Å². The van der Waals surface area contributed by atoms with Crippen LogP contribution in [0, 0.1) is 0 Å². The Hall–Kier alpha value is -2.37. The van der Waals surface area contributed by atoms with Crippen LogP contribution in [0.25, 0.3) is 0 Å². The topological polar surface area (TPSA) is 66.8 Å². The number of halogens is 1. The Kier molecular flexibility index (Phi) is 4.54. The fourth-order valence-corrected chi connectivity index (χ4v) is 3.11. The van der Waals surface area contributed by atoms with E-state index in [1.54, 1.807) is 69.3 Å². The van der Waals surface area contributed by atoms with Crippen molar-refractivity contribution in [1.82, 2.24) is 0 Å². The van der Waals surface area contributed by atoms with Crippen molar-refractivity contribution in [2.24, 2.45) is 0 Å². The molecule has 136 valence electrons. The summed E-state index contributed by atoms with van der Waals surface area (Å²) in [5.74, 6) is -0.720. The van der Waals surface area contributed by atoms with E-state index in [9.17, 15) is 14.7 Å². The SMILES string of the molecule is CC(C)(C)OC(=O)N1C(=O)[C@@](O)(Cc2ccc(Cl)cc2)c2ccccc21. The van der Waals surface area contributed by atoms with Gasteiger partial charge in [0.1, 0.15) is 5.60 Å². The molecule has 26 heavy (non-hydrogen) atoms. The summed E-state index contributed by atoms with van der Waals surface area (Å²) in [5.41, 5.74) is -1.16. The minimum atomic E-state index is -1.85. The third-order valence-electron chi connectivity index (χ3n) is 4.10. The molecular weight excluding hydrogens is 354 g/mol. The van der Waals surface area contributed by atoms with Crippen molar-refractivity contribution in [1.29, 1.82) is 0 Å². The molecule has 6 heteroatoms. The minimum absolute atomic E-state index is 0.0271. The summed E-state index contributed by atoms with van der Waals surface area (Å²) in [5, 5.41) is 11.8. The van der Waals surface area contributed by atoms with Gasteiger partial charge in [-0.1, -0.05) is 41.9 Å². The first-order valence-electron chi connectivity index (χ1n) is 8.26. The standard InChI is InChI=1S/C20H20ClNO4/c1-19(2,3)26-18(24)22-16-7-5-4-6-15(16)20(25,17(22)23)12-13-8-10-14(21)11-9-13/h4-11,25H,12H2,1-3H3/t20-/m1/s1. The van der Waals surface area contributed by atoms with Gasteiger partial charge in [-0.2, -0.15) is 0 Å². The van der Waals surface area contributed by atoms with E-state index < -0.39 is 23.2 Å². The highest BCUT2D eigenvalue weighted by atomic mass is 35.5. The van der Waals surface area contributed by atoms with E-state index >= 15 is 0 Å². The summed E-state index contributed by atoms with van der Waals surface area (Å²) < 4.78 is 5.35. The Morgan fingerprint density at radius 3 is 2.38 bits per heavy atom. The quantitative estimate of drug-likeness (QED) is 0.862. The summed E-state index contributed by atoms with van der Waals surface area (Å²) in [7, 11) is 0. The van der Waals surface area contributed by atoms with Gasteiger partial charge in [0, 0.05) is 17.0 Å². The van der Waals surface area contributed by atoms with Crippen LogP contribution < -0.4 is 4.90 Å². The van der Waals surface area contributed by atoms with Crippen molar-refractivity contribution < 1.29 is 19.4 Å². The molecule has 3 rings (SSSR count). The largest absolute Gasteiger partial charge is 0.443 e. The van der Waals surface area contributed by atoms with E-state index in [0.717, 1.165) is 10.5 Å². The zero-order valence-corrected chi connectivity index (χ0v) is 15.6. The number of ether oxygens (including phenoxy) is 1. The van der Waals surface area contributed by atoms with Crippen molar-refractivity contribution in [2.75, 3.05) is 4.90 Å². The highest BCUT2D eigenvalue weighted by Gasteiger charge is 2.52. The Morgan fingerprint density at radius 2 is 1.77 bits per heavy atom. The molecule has 0 aliphatic carbocycles. The first kappa shape index (κ1) is 18.4. The van der Waals surface area contributed by atoms with Crippen LogP contribution in [-0.4, -0.2) is 22.7 Å². The molecule has 2 aromatic carbocycles. The van der Waals surface area contributed by atoms with Gasteiger partial charge in [-0.25, -0.2) is 9.69 Å². The van der Waals surface area contributed by atoms with Crippen molar-refractivity contribution in [3.05, 3.63) is 64.7 Å². The molecule has 0 bridgehead atoms. The van der Waals surface area contributed by atoms with Crippen LogP contribution in [-0.2, 0) is 21.6 Å². The molecule has 0 radical (unpaired) electrons. The van der Waals surface area contributed by atoms with E-state index in [1.165, 1.54) is 0 Å². The number of aliphatic hydroxyl groups is 1. The molecule has 2 amide bonds. The van der Waals surface area contributed by atoms with Gasteiger partial charge in [0.25, 0.3) is 5.91 Å². The molecular formula is C20H20ClNO4. The van der Waals surface area contributed by atoms with Crippen LogP contribution in [0.4, 0.5) is 10.5 Å². The van der Waals surface area contributed by atoms with Gasteiger partial charge in [0.15, 0.2) is 5.60 Å². The lowest BCUT2D eigenvalue weighted by Gasteiger charge is -2.25. The lowest BCUT2D eigenvalue weighted by atomic mass is 9.88. The molecule has 0 saturated heterocycles. The molecule has 1 N–H and O–H groups in total. The molecule has 2 aromatic rings. The van der Waals surface area contributed by atoms with Crippen LogP contribution in [0.15, 0.2) is 48.5 Å². The molecule has 1 heterocycles. The average molecular weight is 374 g/mol. The molecule has 0 unspecified atom stereocenters. The number of benzene rings is 2. The van der Waals surface area contributed by atoms with Gasteiger partial charge < -0.3 is 9.84 Å². The van der Waals surface area contributed by atoms with Crippen LogP contribution >= 0.6 is 11.6 Å². The van der Waals surface area contributed by atoms with E-state index in [4.69, 9.17) is 16.3 Å². The van der Waals surface area contributed by atoms with Gasteiger partial charge in [0.2, 0.25) is 0 Å². The number of para-hydroxylation sites is 1. The zero-order valence-electron chi connectivity index (χ0n) is 14.8. The second-order valence-corrected chi connectivity index (χ2v) is 7.74. The first-order chi connectivity index (χ1) is 12.1. The number of carbonyl (C=O) groups excluding carboxylic acids is 2. The third kappa shape index (κ3) is 3.32. The number of carbonyl (C=O) groups is 2. The van der Waals surface area contributed by atoms with Gasteiger partial charge in [-0.05, 0) is 44.5 Å². The van der Waals surface area contributed by atoms with E-state index in [0.29, 0.717) is 16.3 Å². The summed E-state index contributed by atoms with van der Waals surface area (Å²) in [6, 6.07) is 13.6. The fourth-order valence-electron chi connectivity index (χ4n) is 2.99. The number of hydrogen-bond donors (Lipinski definition) is 1. The van der Waals surface area contributed by atoms with Crippen molar-refractivity contribution >= 4 is 29.3 Å². The van der Waals surface area contributed by atoms with Gasteiger partial charge in [-0.3, -0.25) is 4.79 Å². The van der Waals surface area contributed by atoms with Gasteiger partial charge in [0.05, 0.1) is 5.69 Å². The van der Waals surface area contributed by atoms with Crippen LogP contribution in [0.3, 0.4) is 0 Å². The third-order valence-corrected chi connectivity index (χ3v) is 4.35. The Labute approximate surface area is 157 Å². The molecule has 1 aliphatic rings. The lowest BCUT2D eigenvalue weighted by molar-refractivity contribution is -0.135. The van der Waals surface area contributed by atoms with Gasteiger partial charge in [-0.15, -0.1) is 0 Å². The molecule has 0 fully saturated rings. The maximum atomic E-state index is 13.0. The Balaban J connectivity index is 2.01. The monoisotopic (exact) mass is 373 g/mol. The van der Waals surface area contributed by atoms with Gasteiger partial charge >= 0.3 is 6.09 Å². The average Bonchev–Trinajstić information content (AvgIpc) is 2.77. The smallest absolute Gasteiger partial charge is 0.421 e. The molecule has 1 atom stereocenters. The maximum absolute atomic E-state index is 13.0. The zero-order chi connectivity index (χ0) is 19.1. The molecule has 1 aliphatic heterocycles. The summed E-state index contributed by atoms with van der Waals surface area (Å²) in [4.78, 5) is 26.5. The number of hydrogen-bond acceptors (Lipinski definition) is 4. The number of anilines is 1. The lowest BCUT2D eigenvalue weighted by Crippen LogP contribution is -2.46. The van der Waals surface area contributed by atoms with Crippen LogP contribution in [0.2, 0.25) is 5.02 Å². The predicted octanol–water partition coefficient (Wildman–Crippen LogP) is 4.05. The first-order valence-corrected chi connectivity index (χ1v) is 8.63. The normalized spacial score (nSPS) is 19.4. The molecule has 0 saturated carbocycles. The van der Waals surface area contributed by atoms with E-state index in [-0.39, 0.29) is 6.42 Å². The Morgan fingerprint density at radius 1 is 1.15 bits per heavy atom. The van der Waals surface area contributed by atoms with E-state index in [1.807, 2.05) is 0 Å². The van der Waals surface area contributed by atoms with Crippen molar-refractivity contribution in [3.8, 4) is 0 Å². The highest BCUT2D eigenvalue weighted by Crippen LogP contribution is 2.42. The maximum Gasteiger partial charge on any atom is 0.421 e. The minimum Gasteiger partial charge on any atom is -0.443 e. The number of fused-ring (bicyclic) bond motifs is 1. The predicted molar refractivity (Wildman–Crippen MR) is 99.2 cm³/mol. The number of imide groups is 1.